The van der Waals surface area contributed by atoms with E-state index in [1.54, 1.807) is 11.6 Å². The van der Waals surface area contributed by atoms with Gasteiger partial charge < -0.3 is 10.3 Å². The lowest BCUT2D eigenvalue weighted by molar-refractivity contribution is 0.296. The van der Waals surface area contributed by atoms with Crippen molar-refractivity contribution in [2.24, 2.45) is 12.8 Å². The van der Waals surface area contributed by atoms with Crippen LogP contribution in [0.15, 0.2) is 11.0 Å². The lowest BCUT2D eigenvalue weighted by Crippen LogP contribution is -2.40. The van der Waals surface area contributed by atoms with Crippen molar-refractivity contribution in [3.63, 3.8) is 0 Å². The van der Waals surface area contributed by atoms with Gasteiger partial charge in [-0.3, -0.25) is 4.57 Å². The minimum atomic E-state index is 0.0647. The molecule has 1 saturated carbocycles. The lowest BCUT2D eigenvalue weighted by Gasteiger charge is -2.29. The molecule has 1 aliphatic carbocycles. The molecule has 0 saturated heterocycles. The number of nitrogens with zero attached hydrogens (tertiary/aromatic N) is 2. The standard InChI is InChI=1S/C11H19N3O/c1-8-7-13(2)11(15)14(8)10-6-4-3-5-9(10)12/h7,9-10H,3-6,12H2,1-2H3. The molecule has 2 N–H and O–H groups in total. The van der Waals surface area contributed by atoms with Gasteiger partial charge in [-0.2, -0.15) is 0 Å². The van der Waals surface area contributed by atoms with Crippen LogP contribution in [-0.4, -0.2) is 15.2 Å². The zero-order valence-electron chi connectivity index (χ0n) is 9.44. The van der Waals surface area contributed by atoms with Crippen LogP contribution in [-0.2, 0) is 7.05 Å². The topological polar surface area (TPSA) is 53.0 Å². The van der Waals surface area contributed by atoms with Gasteiger partial charge in [-0.1, -0.05) is 12.8 Å². The molecule has 1 heterocycles. The normalized spacial score (nSPS) is 26.9. The maximum atomic E-state index is 11.9. The van der Waals surface area contributed by atoms with E-state index < -0.39 is 0 Å². The predicted molar refractivity (Wildman–Crippen MR) is 59.9 cm³/mol. The molecule has 0 bridgehead atoms. The first-order chi connectivity index (χ1) is 7.11. The number of aryl methyl sites for hydroxylation is 2. The Morgan fingerprint density at radius 2 is 2.07 bits per heavy atom. The molecule has 2 rings (SSSR count). The summed E-state index contributed by atoms with van der Waals surface area (Å²) in [5, 5.41) is 0. The van der Waals surface area contributed by atoms with Crippen LogP contribution < -0.4 is 11.4 Å². The molecule has 0 radical (unpaired) electrons. The average molecular weight is 209 g/mol. The molecule has 1 fully saturated rings. The molecule has 0 aromatic carbocycles. The second-order valence-electron chi connectivity index (χ2n) is 4.55. The van der Waals surface area contributed by atoms with Crippen molar-refractivity contribution < 1.29 is 0 Å². The molecule has 2 unspecified atom stereocenters. The van der Waals surface area contributed by atoms with Crippen LogP contribution in [0.5, 0.6) is 0 Å². The average Bonchev–Trinajstić information content (AvgIpc) is 2.43. The Morgan fingerprint density at radius 1 is 1.40 bits per heavy atom. The molecule has 15 heavy (non-hydrogen) atoms. The maximum Gasteiger partial charge on any atom is 0.328 e. The highest BCUT2D eigenvalue weighted by molar-refractivity contribution is 5.01. The first-order valence-electron chi connectivity index (χ1n) is 5.61. The first-order valence-corrected chi connectivity index (χ1v) is 5.61. The zero-order chi connectivity index (χ0) is 11.0. The molecule has 4 nitrogen and oxygen atoms in total. The van der Waals surface area contributed by atoms with Gasteiger partial charge in [0.2, 0.25) is 0 Å². The summed E-state index contributed by atoms with van der Waals surface area (Å²) in [5.74, 6) is 0. The minimum absolute atomic E-state index is 0.0647. The molecule has 2 atom stereocenters. The lowest BCUT2D eigenvalue weighted by atomic mass is 9.91. The third-order valence-electron chi connectivity index (χ3n) is 3.38. The van der Waals surface area contributed by atoms with Crippen molar-refractivity contribution >= 4 is 0 Å². The van der Waals surface area contributed by atoms with Crippen LogP contribution in [0.4, 0.5) is 0 Å². The molecule has 0 amide bonds. The summed E-state index contributed by atoms with van der Waals surface area (Å²) < 4.78 is 3.50. The smallest absolute Gasteiger partial charge is 0.326 e. The Kier molecular flexibility index (Phi) is 2.69. The van der Waals surface area contributed by atoms with Crippen LogP contribution >= 0.6 is 0 Å². The van der Waals surface area contributed by atoms with E-state index in [2.05, 4.69) is 0 Å². The Labute approximate surface area is 89.7 Å². The monoisotopic (exact) mass is 209 g/mol. The Bertz CT molecular complexity index is 404. The fraction of sp³-hybridized carbons (Fsp3) is 0.727. The van der Waals surface area contributed by atoms with Gasteiger partial charge in [-0.25, -0.2) is 4.79 Å². The van der Waals surface area contributed by atoms with Crippen molar-refractivity contribution in [1.82, 2.24) is 9.13 Å². The van der Waals surface area contributed by atoms with Gasteiger partial charge >= 0.3 is 5.69 Å². The van der Waals surface area contributed by atoms with E-state index in [1.807, 2.05) is 17.7 Å². The third-order valence-corrected chi connectivity index (χ3v) is 3.38. The number of nitrogens with two attached hydrogens (primary N) is 1. The summed E-state index contributed by atoms with van der Waals surface area (Å²) in [6, 6.07) is 0.338. The van der Waals surface area contributed by atoms with Gasteiger partial charge in [-0.05, 0) is 19.8 Å². The van der Waals surface area contributed by atoms with Gasteiger partial charge in [0.25, 0.3) is 0 Å². The molecule has 0 spiro atoms. The molecular formula is C11H19N3O. The van der Waals surface area contributed by atoms with E-state index in [9.17, 15) is 4.79 Å². The SMILES string of the molecule is Cc1cn(C)c(=O)n1C1CCCCC1N. The van der Waals surface area contributed by atoms with Gasteiger partial charge in [-0.15, -0.1) is 0 Å². The van der Waals surface area contributed by atoms with Crippen LogP contribution in [0.3, 0.4) is 0 Å². The number of hydrogen-bond donors (Lipinski definition) is 1. The molecule has 4 heteroatoms. The molecule has 1 aromatic heterocycles. The Hall–Kier alpha value is -1.03. The second kappa shape index (κ2) is 3.85. The van der Waals surface area contributed by atoms with Gasteiger partial charge in [0, 0.05) is 25.0 Å². The highest BCUT2D eigenvalue weighted by atomic mass is 16.1. The largest absolute Gasteiger partial charge is 0.328 e. The molecule has 84 valence electrons. The van der Waals surface area contributed by atoms with Crippen molar-refractivity contribution in [2.45, 2.75) is 44.7 Å². The van der Waals surface area contributed by atoms with Crippen LogP contribution in [0, 0.1) is 6.92 Å². The number of imidazole rings is 1. The molecular weight excluding hydrogens is 190 g/mol. The van der Waals surface area contributed by atoms with Gasteiger partial charge in [0.05, 0.1) is 6.04 Å². The van der Waals surface area contributed by atoms with Crippen molar-refractivity contribution in [3.8, 4) is 0 Å². The van der Waals surface area contributed by atoms with E-state index in [-0.39, 0.29) is 17.8 Å². The van der Waals surface area contributed by atoms with E-state index in [1.165, 1.54) is 12.8 Å². The van der Waals surface area contributed by atoms with Gasteiger partial charge in [0.1, 0.15) is 0 Å². The second-order valence-corrected chi connectivity index (χ2v) is 4.55. The van der Waals surface area contributed by atoms with E-state index in [4.69, 9.17) is 5.73 Å². The van der Waals surface area contributed by atoms with Crippen molar-refractivity contribution in [3.05, 3.63) is 22.4 Å². The number of rotatable bonds is 1. The van der Waals surface area contributed by atoms with Crippen molar-refractivity contribution in [1.29, 1.82) is 0 Å². The first kappa shape index (κ1) is 10.5. The highest BCUT2D eigenvalue weighted by Gasteiger charge is 2.26. The maximum absolute atomic E-state index is 11.9. The summed E-state index contributed by atoms with van der Waals surface area (Å²) in [5.41, 5.74) is 7.17. The van der Waals surface area contributed by atoms with Crippen molar-refractivity contribution in [2.75, 3.05) is 0 Å². The summed E-state index contributed by atoms with van der Waals surface area (Å²) in [6.45, 7) is 1.97. The van der Waals surface area contributed by atoms with Gasteiger partial charge in [0.15, 0.2) is 0 Å². The number of hydrogen-bond acceptors (Lipinski definition) is 2. The Balaban J connectivity index is 2.39. The summed E-state index contributed by atoms with van der Waals surface area (Å²) in [6.07, 6.45) is 6.32. The molecule has 1 aliphatic rings. The summed E-state index contributed by atoms with van der Waals surface area (Å²) in [7, 11) is 1.79. The van der Waals surface area contributed by atoms with Crippen LogP contribution in [0.25, 0.3) is 0 Å². The quantitative estimate of drug-likeness (QED) is 0.748. The minimum Gasteiger partial charge on any atom is -0.326 e. The highest BCUT2D eigenvalue weighted by Crippen LogP contribution is 2.27. The fourth-order valence-electron chi connectivity index (χ4n) is 2.58. The van der Waals surface area contributed by atoms with E-state index in [0.29, 0.717) is 0 Å². The predicted octanol–water partition coefficient (Wildman–Crippen LogP) is 0.938. The molecule has 1 aromatic rings. The fourth-order valence-corrected chi connectivity index (χ4v) is 2.58. The summed E-state index contributed by atoms with van der Waals surface area (Å²) >= 11 is 0. The van der Waals surface area contributed by atoms with Crippen LogP contribution in [0.2, 0.25) is 0 Å². The molecule has 0 aliphatic heterocycles. The van der Waals surface area contributed by atoms with Crippen LogP contribution in [0.1, 0.15) is 37.4 Å². The Morgan fingerprint density at radius 3 is 2.60 bits per heavy atom. The number of aromatic nitrogens is 2. The van der Waals surface area contributed by atoms with E-state index >= 15 is 0 Å². The summed E-state index contributed by atoms with van der Waals surface area (Å²) in [4.78, 5) is 11.9. The zero-order valence-corrected chi connectivity index (χ0v) is 9.44. The van der Waals surface area contributed by atoms with E-state index in [0.717, 1.165) is 18.5 Å². The third kappa shape index (κ3) is 1.74.